The lowest BCUT2D eigenvalue weighted by Crippen LogP contribution is -2.33. The molecule has 0 aliphatic heterocycles. The van der Waals surface area contributed by atoms with Gasteiger partial charge in [0.05, 0.1) is 12.1 Å². The number of nitrogens with zero attached hydrogens (tertiary/aromatic N) is 2. The molecule has 6 nitrogen and oxygen atoms in total. The summed E-state index contributed by atoms with van der Waals surface area (Å²) in [5.41, 5.74) is 3.35. The number of H-pyrrole nitrogens is 1. The summed E-state index contributed by atoms with van der Waals surface area (Å²) in [6, 6.07) is 14.5. The number of hydrogen-bond donors (Lipinski definition) is 3. The van der Waals surface area contributed by atoms with Gasteiger partial charge in [0.1, 0.15) is 6.33 Å². The predicted octanol–water partition coefficient (Wildman–Crippen LogP) is 1.86. The molecule has 0 radical (unpaired) electrons. The van der Waals surface area contributed by atoms with Crippen molar-refractivity contribution in [2.75, 3.05) is 0 Å². The van der Waals surface area contributed by atoms with Gasteiger partial charge in [0.25, 0.3) is 5.91 Å². The van der Waals surface area contributed by atoms with E-state index in [-0.39, 0.29) is 11.9 Å². The van der Waals surface area contributed by atoms with E-state index >= 15 is 0 Å². The van der Waals surface area contributed by atoms with Crippen LogP contribution >= 0.6 is 0 Å². The second-order valence-electron chi connectivity index (χ2n) is 5.84. The van der Waals surface area contributed by atoms with E-state index in [2.05, 4.69) is 20.5 Å². The van der Waals surface area contributed by atoms with Crippen molar-refractivity contribution >= 4 is 5.91 Å². The molecule has 24 heavy (non-hydrogen) atoms. The molecule has 0 saturated carbocycles. The minimum absolute atomic E-state index is 0.225. The largest absolute Gasteiger partial charge is 0.390 e. The first-order chi connectivity index (χ1) is 11.7. The number of aliphatic hydroxyl groups excluding tert-OH is 1. The van der Waals surface area contributed by atoms with Gasteiger partial charge in [-0.1, -0.05) is 36.4 Å². The van der Waals surface area contributed by atoms with Crippen LogP contribution in [0.3, 0.4) is 0 Å². The standard InChI is InChI=1S/C18H16N4O2/c23-15-9-11-4-1-2-7-14(11)16(15)21-18(24)13-6-3-5-12(8-13)17-19-10-20-22-17/h1-8,10,15-16,23H,9H2,(H,21,24)(H,19,20,22)/t15-,16+/m1/s1. The molecule has 1 aliphatic rings. The molecular weight excluding hydrogens is 304 g/mol. The monoisotopic (exact) mass is 320 g/mol. The van der Waals surface area contributed by atoms with Gasteiger partial charge in [0.15, 0.2) is 5.82 Å². The van der Waals surface area contributed by atoms with Crippen molar-refractivity contribution in [1.29, 1.82) is 0 Å². The Bertz CT molecular complexity index is 876. The summed E-state index contributed by atoms with van der Waals surface area (Å²) in [6.45, 7) is 0. The van der Waals surface area contributed by atoms with Gasteiger partial charge in [-0.25, -0.2) is 4.98 Å². The Morgan fingerprint density at radius 3 is 2.92 bits per heavy atom. The third-order valence-electron chi connectivity index (χ3n) is 4.30. The number of hydrogen-bond acceptors (Lipinski definition) is 4. The quantitative estimate of drug-likeness (QED) is 0.687. The van der Waals surface area contributed by atoms with E-state index in [0.29, 0.717) is 17.8 Å². The fraction of sp³-hybridized carbons (Fsp3) is 0.167. The lowest BCUT2D eigenvalue weighted by atomic mass is 10.1. The first-order valence-corrected chi connectivity index (χ1v) is 7.75. The fourth-order valence-corrected chi connectivity index (χ4v) is 3.12. The van der Waals surface area contributed by atoms with E-state index < -0.39 is 6.10 Å². The molecule has 2 aromatic carbocycles. The van der Waals surface area contributed by atoms with Crippen molar-refractivity contribution < 1.29 is 9.90 Å². The Balaban J connectivity index is 1.58. The Hall–Kier alpha value is -2.99. The Morgan fingerprint density at radius 1 is 1.21 bits per heavy atom. The number of fused-ring (bicyclic) bond motifs is 1. The van der Waals surface area contributed by atoms with Crippen LogP contribution in [-0.4, -0.2) is 32.3 Å². The van der Waals surface area contributed by atoms with Gasteiger partial charge >= 0.3 is 0 Å². The van der Waals surface area contributed by atoms with E-state index in [1.165, 1.54) is 6.33 Å². The number of benzene rings is 2. The number of aliphatic hydroxyl groups is 1. The molecule has 0 spiro atoms. The molecule has 4 rings (SSSR count). The average Bonchev–Trinajstić information content (AvgIpc) is 3.24. The molecule has 0 bridgehead atoms. The van der Waals surface area contributed by atoms with Gasteiger partial charge in [-0.05, 0) is 23.3 Å². The number of carbonyl (C=O) groups excluding carboxylic acids is 1. The zero-order chi connectivity index (χ0) is 16.5. The van der Waals surface area contributed by atoms with E-state index in [0.717, 1.165) is 16.7 Å². The molecule has 2 atom stereocenters. The number of nitrogens with one attached hydrogen (secondary N) is 2. The van der Waals surface area contributed by atoms with Crippen molar-refractivity contribution in [2.24, 2.45) is 0 Å². The van der Waals surface area contributed by atoms with Crippen LogP contribution in [0.4, 0.5) is 0 Å². The van der Waals surface area contributed by atoms with Crippen molar-refractivity contribution in [1.82, 2.24) is 20.5 Å². The summed E-state index contributed by atoms with van der Waals surface area (Å²) in [5.74, 6) is 0.382. The topological polar surface area (TPSA) is 90.9 Å². The summed E-state index contributed by atoms with van der Waals surface area (Å²) in [6.07, 6.45) is 1.37. The van der Waals surface area contributed by atoms with E-state index in [4.69, 9.17) is 0 Å². The molecule has 1 heterocycles. The molecule has 3 N–H and O–H groups in total. The predicted molar refractivity (Wildman–Crippen MR) is 88.2 cm³/mol. The highest BCUT2D eigenvalue weighted by molar-refractivity contribution is 5.95. The van der Waals surface area contributed by atoms with Crippen molar-refractivity contribution in [3.05, 3.63) is 71.5 Å². The third kappa shape index (κ3) is 2.57. The molecule has 120 valence electrons. The molecule has 1 amide bonds. The summed E-state index contributed by atoms with van der Waals surface area (Å²) in [4.78, 5) is 16.7. The van der Waals surface area contributed by atoms with E-state index in [9.17, 15) is 9.90 Å². The Kier molecular flexibility index (Phi) is 3.59. The van der Waals surface area contributed by atoms with Crippen LogP contribution in [0, 0.1) is 0 Å². The highest BCUT2D eigenvalue weighted by Gasteiger charge is 2.32. The zero-order valence-corrected chi connectivity index (χ0v) is 12.8. The maximum atomic E-state index is 12.6. The minimum Gasteiger partial charge on any atom is -0.390 e. The van der Waals surface area contributed by atoms with Gasteiger partial charge in [0.2, 0.25) is 0 Å². The third-order valence-corrected chi connectivity index (χ3v) is 4.30. The fourth-order valence-electron chi connectivity index (χ4n) is 3.12. The first kappa shape index (κ1) is 14.6. The van der Waals surface area contributed by atoms with Gasteiger partial charge in [0, 0.05) is 17.5 Å². The van der Waals surface area contributed by atoms with Gasteiger partial charge in [-0.15, -0.1) is 0 Å². The molecule has 1 aliphatic carbocycles. The van der Waals surface area contributed by atoms with Crippen LogP contribution < -0.4 is 5.32 Å². The highest BCUT2D eigenvalue weighted by Crippen LogP contribution is 2.31. The van der Waals surface area contributed by atoms with E-state index in [1.54, 1.807) is 18.2 Å². The van der Waals surface area contributed by atoms with Crippen LogP contribution in [-0.2, 0) is 6.42 Å². The normalized spacial score (nSPS) is 19.0. The summed E-state index contributed by atoms with van der Waals surface area (Å²) >= 11 is 0. The smallest absolute Gasteiger partial charge is 0.251 e. The summed E-state index contributed by atoms with van der Waals surface area (Å²) in [5, 5.41) is 19.8. The van der Waals surface area contributed by atoms with Crippen LogP contribution in [0.2, 0.25) is 0 Å². The lowest BCUT2D eigenvalue weighted by Gasteiger charge is -2.18. The second kappa shape index (κ2) is 5.90. The van der Waals surface area contributed by atoms with Crippen LogP contribution in [0.25, 0.3) is 11.4 Å². The summed E-state index contributed by atoms with van der Waals surface area (Å²) in [7, 11) is 0. The second-order valence-corrected chi connectivity index (χ2v) is 5.84. The average molecular weight is 320 g/mol. The van der Waals surface area contributed by atoms with Crippen LogP contribution in [0.15, 0.2) is 54.9 Å². The molecule has 0 unspecified atom stereocenters. The molecule has 0 fully saturated rings. The van der Waals surface area contributed by atoms with Gasteiger partial charge in [-0.3, -0.25) is 9.89 Å². The van der Waals surface area contributed by atoms with E-state index in [1.807, 2.05) is 30.3 Å². The molecule has 3 aromatic rings. The molecule has 6 heteroatoms. The minimum atomic E-state index is -0.608. The SMILES string of the molecule is O=C(N[C@H]1c2ccccc2C[C@H]1O)c1cccc(-c2ncn[nH]2)c1. The zero-order valence-electron chi connectivity index (χ0n) is 12.8. The number of amides is 1. The van der Waals surface area contributed by atoms with Gasteiger partial charge < -0.3 is 10.4 Å². The number of rotatable bonds is 3. The number of aromatic amines is 1. The van der Waals surface area contributed by atoms with Crippen LogP contribution in [0.5, 0.6) is 0 Å². The molecule has 1 aromatic heterocycles. The first-order valence-electron chi connectivity index (χ1n) is 7.75. The van der Waals surface area contributed by atoms with Crippen molar-refractivity contribution in [2.45, 2.75) is 18.6 Å². The maximum Gasteiger partial charge on any atom is 0.251 e. The maximum absolute atomic E-state index is 12.6. The Morgan fingerprint density at radius 2 is 2.08 bits per heavy atom. The summed E-state index contributed by atoms with van der Waals surface area (Å²) < 4.78 is 0. The number of aromatic nitrogens is 3. The molecule has 0 saturated heterocycles. The highest BCUT2D eigenvalue weighted by atomic mass is 16.3. The van der Waals surface area contributed by atoms with Crippen LogP contribution in [0.1, 0.15) is 27.5 Å². The van der Waals surface area contributed by atoms with Gasteiger partial charge in [-0.2, -0.15) is 5.10 Å². The van der Waals surface area contributed by atoms with Crippen molar-refractivity contribution in [3.63, 3.8) is 0 Å². The Labute approximate surface area is 138 Å². The molecular formula is C18H16N4O2. The lowest BCUT2D eigenvalue weighted by molar-refractivity contribution is 0.0858. The van der Waals surface area contributed by atoms with Crippen molar-refractivity contribution in [3.8, 4) is 11.4 Å². The number of carbonyl (C=O) groups is 1.